The first-order valence-electron chi connectivity index (χ1n) is 9.60. The van der Waals surface area contributed by atoms with Gasteiger partial charge in [0.2, 0.25) is 5.95 Å². The zero-order chi connectivity index (χ0) is 19.5. The van der Waals surface area contributed by atoms with E-state index in [9.17, 15) is 13.2 Å². The van der Waals surface area contributed by atoms with Crippen molar-refractivity contribution in [3.8, 4) is 5.75 Å². The average Bonchev–Trinajstić information content (AvgIpc) is 2.84. The van der Waals surface area contributed by atoms with Gasteiger partial charge in [0.1, 0.15) is 17.1 Å². The summed E-state index contributed by atoms with van der Waals surface area (Å²) < 4.78 is 48.2. The van der Waals surface area contributed by atoms with Crippen LogP contribution in [0, 0.1) is 12.8 Å². The Bertz CT molecular complexity index is 907. The molecule has 0 saturated heterocycles. The number of nitrogens with one attached hydrogen (secondary N) is 2. The van der Waals surface area contributed by atoms with Crippen LogP contribution in [0.15, 0.2) is 6.20 Å². The molecule has 7 nitrogen and oxygen atoms in total. The normalized spacial score (nSPS) is 24.3. The van der Waals surface area contributed by atoms with E-state index in [-0.39, 0.29) is 29.8 Å². The van der Waals surface area contributed by atoms with Gasteiger partial charge in [-0.15, -0.1) is 0 Å². The Morgan fingerprint density at radius 2 is 2.04 bits per heavy atom. The molecule has 0 spiro atoms. The fourth-order valence-electron chi connectivity index (χ4n) is 3.90. The van der Waals surface area contributed by atoms with Crippen molar-refractivity contribution in [1.82, 2.24) is 19.7 Å². The van der Waals surface area contributed by atoms with E-state index in [0.717, 1.165) is 44.0 Å². The van der Waals surface area contributed by atoms with Crippen LogP contribution in [0.5, 0.6) is 5.75 Å². The number of fused-ring (bicyclic) bond motifs is 4. The molecule has 1 aliphatic heterocycles. The van der Waals surface area contributed by atoms with Crippen molar-refractivity contribution in [3.05, 3.63) is 17.5 Å². The van der Waals surface area contributed by atoms with Gasteiger partial charge in [-0.1, -0.05) is 0 Å². The second-order valence-corrected chi connectivity index (χ2v) is 7.77. The van der Waals surface area contributed by atoms with E-state index in [1.807, 2.05) is 11.6 Å². The van der Waals surface area contributed by atoms with Crippen LogP contribution in [-0.4, -0.2) is 32.4 Å². The van der Waals surface area contributed by atoms with Crippen molar-refractivity contribution in [3.63, 3.8) is 0 Å². The van der Waals surface area contributed by atoms with Gasteiger partial charge in [0, 0.05) is 18.2 Å². The average molecular weight is 394 g/mol. The van der Waals surface area contributed by atoms with Crippen molar-refractivity contribution < 1.29 is 17.9 Å². The number of alkyl halides is 3. The van der Waals surface area contributed by atoms with Gasteiger partial charge in [0.25, 0.3) is 0 Å². The van der Waals surface area contributed by atoms with Gasteiger partial charge in [-0.2, -0.15) is 23.3 Å². The number of halogens is 3. The third-order valence-corrected chi connectivity index (χ3v) is 5.96. The van der Waals surface area contributed by atoms with Crippen LogP contribution < -0.4 is 15.4 Å². The van der Waals surface area contributed by atoms with Gasteiger partial charge in [0.05, 0.1) is 12.6 Å². The van der Waals surface area contributed by atoms with Crippen molar-refractivity contribution >= 4 is 17.6 Å². The Morgan fingerprint density at radius 1 is 1.21 bits per heavy atom. The molecule has 2 aliphatic carbocycles. The Morgan fingerprint density at radius 3 is 2.68 bits per heavy atom. The van der Waals surface area contributed by atoms with E-state index in [1.165, 1.54) is 0 Å². The van der Waals surface area contributed by atoms with Gasteiger partial charge < -0.3 is 15.4 Å². The molecule has 2 atom stereocenters. The molecule has 3 heterocycles. The lowest BCUT2D eigenvalue weighted by atomic mass is 9.80. The third kappa shape index (κ3) is 2.85. The summed E-state index contributed by atoms with van der Waals surface area (Å²) in [5.41, 5.74) is -0.0996. The van der Waals surface area contributed by atoms with Crippen molar-refractivity contribution in [2.45, 2.75) is 57.3 Å². The van der Waals surface area contributed by atoms with Gasteiger partial charge in [0.15, 0.2) is 11.6 Å². The van der Waals surface area contributed by atoms with E-state index in [1.54, 1.807) is 0 Å². The van der Waals surface area contributed by atoms with Gasteiger partial charge >= 0.3 is 6.18 Å². The highest BCUT2D eigenvalue weighted by molar-refractivity contribution is 5.62. The van der Waals surface area contributed by atoms with Crippen LogP contribution in [0.4, 0.5) is 30.8 Å². The number of rotatable bonds is 1. The highest BCUT2D eigenvalue weighted by atomic mass is 19.4. The zero-order valence-corrected chi connectivity index (χ0v) is 15.4. The monoisotopic (exact) mass is 394 g/mol. The topological polar surface area (TPSA) is 76.9 Å². The predicted octanol–water partition coefficient (Wildman–Crippen LogP) is 4.05. The molecule has 28 heavy (non-hydrogen) atoms. The lowest BCUT2D eigenvalue weighted by Crippen LogP contribution is -2.42. The number of aromatic nitrogens is 4. The zero-order valence-electron chi connectivity index (χ0n) is 15.4. The fraction of sp³-hybridized carbons (Fsp3) is 0.611. The van der Waals surface area contributed by atoms with Crippen molar-refractivity contribution in [2.75, 3.05) is 17.2 Å². The first kappa shape index (κ1) is 17.6. The minimum absolute atomic E-state index is 0.0959. The summed E-state index contributed by atoms with van der Waals surface area (Å²) in [6, 6.07) is 0.152. The fourth-order valence-corrected chi connectivity index (χ4v) is 3.90. The van der Waals surface area contributed by atoms with Crippen molar-refractivity contribution in [2.24, 2.45) is 5.92 Å². The number of nitrogens with zero attached hydrogens (tertiary/aromatic N) is 4. The summed E-state index contributed by atoms with van der Waals surface area (Å²) in [7, 11) is 0. The Labute approximate surface area is 159 Å². The number of hydrogen-bond acceptors (Lipinski definition) is 6. The molecule has 0 unspecified atom stereocenters. The molecule has 2 N–H and O–H groups in total. The number of ether oxygens (including phenoxy) is 1. The maximum Gasteiger partial charge on any atom is 0.421 e. The molecule has 2 aromatic rings. The quantitative estimate of drug-likeness (QED) is 0.760. The summed E-state index contributed by atoms with van der Waals surface area (Å²) in [5.74, 6) is 1.28. The van der Waals surface area contributed by atoms with Crippen LogP contribution >= 0.6 is 0 Å². The van der Waals surface area contributed by atoms with Crippen LogP contribution in [0.25, 0.3) is 0 Å². The van der Waals surface area contributed by atoms with Crippen molar-refractivity contribution in [1.29, 1.82) is 0 Å². The molecule has 150 valence electrons. The lowest BCUT2D eigenvalue weighted by Gasteiger charge is -2.37. The molecule has 10 heteroatoms. The van der Waals surface area contributed by atoms with Crippen LogP contribution in [0.1, 0.15) is 49.4 Å². The largest absolute Gasteiger partial charge is 0.487 e. The molecule has 0 radical (unpaired) electrons. The molecule has 0 aromatic carbocycles. The summed E-state index contributed by atoms with van der Waals surface area (Å²) in [6.07, 6.45) is 1.16. The van der Waals surface area contributed by atoms with E-state index >= 15 is 0 Å². The standard InChI is InChI=1S/C18H21F3N6O/c1-9-14-16(27(26-9)11-3-2-4-11)25-17-22-7-12(18(19,20)21)15(24-17)23-13-6-5-10(13)8-28-14/h7,10-11,13H,2-6,8H2,1H3,(H2,22,23,24,25)/t10-,13-/m1/s1. The minimum Gasteiger partial charge on any atom is -0.487 e. The molecule has 2 saturated carbocycles. The summed E-state index contributed by atoms with van der Waals surface area (Å²) >= 11 is 0. The highest BCUT2D eigenvalue weighted by Gasteiger charge is 2.39. The SMILES string of the molecule is Cc1nn(C2CCC2)c2c1OC[C@H]1CC[C@H]1Nc1nc(ncc1C(F)(F)F)N2. The Balaban J connectivity index is 1.60. The molecule has 2 bridgehead atoms. The predicted molar refractivity (Wildman–Crippen MR) is 95.8 cm³/mol. The molecule has 2 fully saturated rings. The second kappa shape index (κ2) is 6.25. The first-order chi connectivity index (χ1) is 13.4. The second-order valence-electron chi connectivity index (χ2n) is 7.77. The number of aryl methyl sites for hydroxylation is 1. The van der Waals surface area contributed by atoms with E-state index < -0.39 is 11.7 Å². The maximum atomic E-state index is 13.4. The Hall–Kier alpha value is -2.52. The number of anilines is 3. The van der Waals surface area contributed by atoms with Gasteiger partial charge in [-0.3, -0.25) is 0 Å². The summed E-state index contributed by atoms with van der Waals surface area (Å²) in [4.78, 5) is 8.08. The van der Waals surface area contributed by atoms with Gasteiger partial charge in [-0.25, -0.2) is 9.67 Å². The highest BCUT2D eigenvalue weighted by Crippen LogP contribution is 2.42. The molecule has 5 rings (SSSR count). The molecular weight excluding hydrogens is 373 g/mol. The third-order valence-electron chi connectivity index (χ3n) is 5.96. The van der Waals surface area contributed by atoms with Gasteiger partial charge in [-0.05, 0) is 39.0 Å². The van der Waals surface area contributed by atoms with E-state index in [4.69, 9.17) is 4.74 Å². The van der Waals surface area contributed by atoms with Crippen LogP contribution in [0.2, 0.25) is 0 Å². The first-order valence-corrected chi connectivity index (χ1v) is 9.60. The molecule has 3 aliphatic rings. The number of hydrogen-bond donors (Lipinski definition) is 2. The lowest BCUT2D eigenvalue weighted by molar-refractivity contribution is -0.137. The minimum atomic E-state index is -4.52. The summed E-state index contributed by atoms with van der Waals surface area (Å²) in [6.45, 7) is 2.30. The molecule has 0 amide bonds. The van der Waals surface area contributed by atoms with E-state index in [0.29, 0.717) is 18.2 Å². The smallest absolute Gasteiger partial charge is 0.421 e. The van der Waals surface area contributed by atoms with Crippen LogP contribution in [-0.2, 0) is 6.18 Å². The Kier molecular flexibility index (Phi) is 3.92. The van der Waals surface area contributed by atoms with E-state index in [2.05, 4.69) is 25.7 Å². The maximum absolute atomic E-state index is 13.4. The molecule has 2 aromatic heterocycles. The summed E-state index contributed by atoms with van der Waals surface area (Å²) in [5, 5.41) is 10.7. The van der Waals surface area contributed by atoms with Crippen LogP contribution in [0.3, 0.4) is 0 Å². The molecular formula is C18H21F3N6O.